The first-order valence-electron chi connectivity index (χ1n) is 14.7. The lowest BCUT2D eigenvalue weighted by molar-refractivity contribution is -0.236. The SMILES string of the molecule is CCCCCCCCCCCCO[C@H]1O[C@H]([C@H](CC(=O)O)NC(=O)Nc2ccc(C)cc2)[C@@H]2OC(C)(C)O[C@H]12. The number of hydrogen-bond donors (Lipinski definition) is 3. The van der Waals surface area contributed by atoms with E-state index < -0.39 is 48.4 Å². The van der Waals surface area contributed by atoms with Crippen molar-refractivity contribution in [2.75, 3.05) is 11.9 Å². The fraction of sp³-hybridized carbons (Fsp3) is 0.733. The first-order valence-corrected chi connectivity index (χ1v) is 14.7. The summed E-state index contributed by atoms with van der Waals surface area (Å²) in [6.07, 6.45) is 9.50. The number of unbranched alkanes of at least 4 members (excludes halogenated alkanes) is 9. The van der Waals surface area contributed by atoms with E-state index in [1.165, 1.54) is 51.4 Å². The number of aryl methyl sites for hydroxylation is 1. The quantitative estimate of drug-likeness (QED) is 0.200. The van der Waals surface area contributed by atoms with Gasteiger partial charge in [-0.25, -0.2) is 4.79 Å². The number of benzene rings is 1. The summed E-state index contributed by atoms with van der Waals surface area (Å²) in [7, 11) is 0. The Hall–Kier alpha value is -2.20. The molecule has 0 aliphatic carbocycles. The van der Waals surface area contributed by atoms with Crippen LogP contribution in [0.3, 0.4) is 0 Å². The summed E-state index contributed by atoms with van der Waals surface area (Å²) >= 11 is 0. The van der Waals surface area contributed by atoms with Crippen molar-refractivity contribution >= 4 is 17.7 Å². The van der Waals surface area contributed by atoms with Gasteiger partial charge in [0.1, 0.15) is 18.3 Å². The van der Waals surface area contributed by atoms with Crippen molar-refractivity contribution in [3.05, 3.63) is 29.8 Å². The molecule has 2 aliphatic heterocycles. The van der Waals surface area contributed by atoms with Crippen molar-refractivity contribution in [3.63, 3.8) is 0 Å². The number of amides is 2. The van der Waals surface area contributed by atoms with Crippen LogP contribution < -0.4 is 10.6 Å². The van der Waals surface area contributed by atoms with Gasteiger partial charge in [-0.1, -0.05) is 82.4 Å². The lowest BCUT2D eigenvalue weighted by Gasteiger charge is -2.29. The third-order valence-electron chi connectivity index (χ3n) is 7.24. The first-order chi connectivity index (χ1) is 18.7. The summed E-state index contributed by atoms with van der Waals surface area (Å²) in [4.78, 5) is 24.5. The number of carbonyl (C=O) groups excluding carboxylic acids is 1. The van der Waals surface area contributed by atoms with Gasteiger partial charge in [-0.3, -0.25) is 4.79 Å². The van der Waals surface area contributed by atoms with Crippen molar-refractivity contribution < 1.29 is 33.6 Å². The van der Waals surface area contributed by atoms with Crippen LogP contribution in [0.5, 0.6) is 0 Å². The van der Waals surface area contributed by atoms with Gasteiger partial charge in [-0.15, -0.1) is 0 Å². The zero-order valence-corrected chi connectivity index (χ0v) is 24.1. The van der Waals surface area contributed by atoms with Gasteiger partial charge in [0.15, 0.2) is 12.1 Å². The van der Waals surface area contributed by atoms with Crippen molar-refractivity contribution in [1.82, 2.24) is 5.32 Å². The van der Waals surface area contributed by atoms with E-state index in [-0.39, 0.29) is 6.42 Å². The smallest absolute Gasteiger partial charge is 0.319 e. The molecule has 3 rings (SSSR count). The number of carboxylic acid groups (broad SMARTS) is 1. The van der Waals surface area contributed by atoms with Crippen LogP contribution in [0.2, 0.25) is 0 Å². The van der Waals surface area contributed by atoms with E-state index in [1.54, 1.807) is 12.1 Å². The molecule has 9 nitrogen and oxygen atoms in total. The molecular formula is C30H48N2O7. The second-order valence-electron chi connectivity index (χ2n) is 11.3. The summed E-state index contributed by atoms with van der Waals surface area (Å²) in [6, 6.07) is 5.99. The predicted octanol–water partition coefficient (Wildman–Crippen LogP) is 6.14. The van der Waals surface area contributed by atoms with Crippen LogP contribution in [0.25, 0.3) is 0 Å². The van der Waals surface area contributed by atoms with Crippen LogP contribution in [0, 0.1) is 6.92 Å². The van der Waals surface area contributed by atoms with Gasteiger partial charge >= 0.3 is 12.0 Å². The zero-order valence-electron chi connectivity index (χ0n) is 24.1. The minimum atomic E-state index is -1.05. The highest BCUT2D eigenvalue weighted by Gasteiger charge is 2.58. The molecule has 0 unspecified atom stereocenters. The molecule has 5 atom stereocenters. The molecule has 0 bridgehead atoms. The third kappa shape index (κ3) is 10.4. The molecule has 2 amide bonds. The first kappa shape index (κ1) is 31.3. The Balaban J connectivity index is 1.50. The fourth-order valence-corrected chi connectivity index (χ4v) is 5.25. The fourth-order valence-electron chi connectivity index (χ4n) is 5.25. The van der Waals surface area contributed by atoms with Gasteiger partial charge < -0.3 is 34.7 Å². The average molecular weight is 549 g/mol. The topological polar surface area (TPSA) is 115 Å². The summed E-state index contributed by atoms with van der Waals surface area (Å²) in [5.41, 5.74) is 1.68. The zero-order chi connectivity index (χ0) is 28.3. The minimum Gasteiger partial charge on any atom is -0.481 e. The van der Waals surface area contributed by atoms with E-state index in [0.29, 0.717) is 12.3 Å². The second kappa shape index (κ2) is 15.6. The van der Waals surface area contributed by atoms with Gasteiger partial charge in [0.25, 0.3) is 0 Å². The number of urea groups is 1. The maximum Gasteiger partial charge on any atom is 0.319 e. The van der Waals surface area contributed by atoms with Gasteiger partial charge in [0.05, 0.1) is 12.5 Å². The second-order valence-corrected chi connectivity index (χ2v) is 11.3. The third-order valence-corrected chi connectivity index (χ3v) is 7.24. The van der Waals surface area contributed by atoms with Crippen molar-refractivity contribution in [2.24, 2.45) is 0 Å². The van der Waals surface area contributed by atoms with Crippen LogP contribution in [0.15, 0.2) is 24.3 Å². The number of carboxylic acids is 1. The van der Waals surface area contributed by atoms with Crippen molar-refractivity contribution in [3.8, 4) is 0 Å². The molecule has 2 aliphatic rings. The normalized spacial score (nSPS) is 24.3. The van der Waals surface area contributed by atoms with E-state index in [1.807, 2.05) is 32.9 Å². The Morgan fingerprint density at radius 2 is 1.54 bits per heavy atom. The summed E-state index contributed by atoms with van der Waals surface area (Å²) < 4.78 is 24.4. The van der Waals surface area contributed by atoms with E-state index in [9.17, 15) is 14.7 Å². The molecule has 1 aromatic rings. The lowest BCUT2D eigenvalue weighted by Crippen LogP contribution is -2.51. The van der Waals surface area contributed by atoms with E-state index in [4.69, 9.17) is 18.9 Å². The minimum absolute atomic E-state index is 0.329. The molecule has 2 saturated heterocycles. The van der Waals surface area contributed by atoms with Gasteiger partial charge in [-0.2, -0.15) is 0 Å². The number of ether oxygens (including phenoxy) is 4. The molecule has 3 N–H and O–H groups in total. The highest BCUT2D eigenvalue weighted by Crippen LogP contribution is 2.40. The molecule has 39 heavy (non-hydrogen) atoms. The average Bonchev–Trinajstić information content (AvgIpc) is 3.36. The van der Waals surface area contributed by atoms with Crippen molar-refractivity contribution in [2.45, 2.75) is 135 Å². The number of hydrogen-bond acceptors (Lipinski definition) is 6. The number of carbonyl (C=O) groups is 2. The molecule has 0 radical (unpaired) electrons. The number of rotatable bonds is 17. The Bertz CT molecular complexity index is 892. The predicted molar refractivity (Wildman–Crippen MR) is 150 cm³/mol. The maximum absolute atomic E-state index is 12.8. The van der Waals surface area contributed by atoms with Gasteiger partial charge in [0.2, 0.25) is 0 Å². The van der Waals surface area contributed by atoms with Gasteiger partial charge in [0, 0.05) is 12.3 Å². The standard InChI is InChI=1S/C30H48N2O7/c1-5-6-7-8-9-10-11-12-13-14-19-36-28-27-26(38-30(3,4)39-27)25(37-28)23(20-24(33)34)32-29(35)31-22-17-15-21(2)16-18-22/h15-18,23,25-28H,5-14,19-20H2,1-4H3,(H,33,34)(H2,31,32,35)/t23-,25+,26-,27-,28-/m0/s1. The van der Waals surface area contributed by atoms with Crippen LogP contribution in [0.1, 0.15) is 97.0 Å². The molecular weight excluding hydrogens is 500 g/mol. The Kier molecular flexibility index (Phi) is 12.5. The lowest BCUT2D eigenvalue weighted by atomic mass is 10.0. The molecule has 9 heteroatoms. The van der Waals surface area contributed by atoms with Crippen LogP contribution in [-0.2, 0) is 23.7 Å². The molecule has 220 valence electrons. The molecule has 0 saturated carbocycles. The van der Waals surface area contributed by atoms with Crippen LogP contribution >= 0.6 is 0 Å². The summed E-state index contributed by atoms with van der Waals surface area (Å²) in [6.45, 7) is 8.34. The van der Waals surface area contributed by atoms with E-state index in [2.05, 4.69) is 17.6 Å². The maximum atomic E-state index is 12.8. The highest BCUT2D eigenvalue weighted by molar-refractivity contribution is 5.89. The van der Waals surface area contributed by atoms with E-state index in [0.717, 1.165) is 18.4 Å². The number of nitrogens with one attached hydrogen (secondary N) is 2. The Labute approximate surface area is 233 Å². The molecule has 2 fully saturated rings. The Morgan fingerprint density at radius 1 is 0.949 bits per heavy atom. The molecule has 0 spiro atoms. The molecule has 1 aromatic carbocycles. The van der Waals surface area contributed by atoms with Crippen LogP contribution in [0.4, 0.5) is 10.5 Å². The number of anilines is 1. The summed E-state index contributed by atoms with van der Waals surface area (Å²) in [5, 5.41) is 15.1. The molecule has 2 heterocycles. The number of fused-ring (bicyclic) bond motifs is 1. The number of aliphatic carboxylic acids is 1. The Morgan fingerprint density at radius 3 is 2.15 bits per heavy atom. The van der Waals surface area contributed by atoms with Crippen molar-refractivity contribution in [1.29, 1.82) is 0 Å². The largest absolute Gasteiger partial charge is 0.481 e. The highest BCUT2D eigenvalue weighted by atomic mass is 16.8. The summed E-state index contributed by atoms with van der Waals surface area (Å²) in [5.74, 6) is -1.92. The molecule has 0 aromatic heterocycles. The van der Waals surface area contributed by atoms with E-state index >= 15 is 0 Å². The van der Waals surface area contributed by atoms with Crippen LogP contribution in [-0.4, -0.2) is 60.1 Å². The monoisotopic (exact) mass is 548 g/mol. The van der Waals surface area contributed by atoms with Gasteiger partial charge in [-0.05, 0) is 39.3 Å².